The minimum Gasteiger partial charge on any atom is -0.385 e. The second-order valence-electron chi connectivity index (χ2n) is 3.14. The van der Waals surface area contributed by atoms with Gasteiger partial charge in [-0.15, -0.1) is 0 Å². The van der Waals surface area contributed by atoms with Gasteiger partial charge in [-0.3, -0.25) is 0 Å². The fourth-order valence-corrected chi connectivity index (χ4v) is 2.24. The third-order valence-corrected chi connectivity index (χ3v) is 3.57. The summed E-state index contributed by atoms with van der Waals surface area (Å²) in [7, 11) is 0. The summed E-state index contributed by atoms with van der Waals surface area (Å²) in [5.74, 6) is 0. The molecule has 1 atom stereocenters. The van der Waals surface area contributed by atoms with Crippen molar-refractivity contribution >= 4 is 33.2 Å². The zero-order valence-electron chi connectivity index (χ0n) is 6.98. The van der Waals surface area contributed by atoms with Crippen LogP contribution in [0.4, 0.5) is 5.69 Å². The molecule has 0 amide bonds. The van der Waals surface area contributed by atoms with Crippen molar-refractivity contribution in [2.75, 3.05) is 11.9 Å². The highest BCUT2D eigenvalue weighted by Gasteiger charge is 2.20. The van der Waals surface area contributed by atoms with Crippen LogP contribution >= 0.6 is 27.5 Å². The van der Waals surface area contributed by atoms with Crippen LogP contribution in [0, 0.1) is 0 Å². The van der Waals surface area contributed by atoms with Crippen molar-refractivity contribution in [3.63, 3.8) is 0 Å². The van der Waals surface area contributed by atoms with E-state index in [1.165, 1.54) is 0 Å². The summed E-state index contributed by atoms with van der Waals surface area (Å²) >= 11 is 9.53. The van der Waals surface area contributed by atoms with Gasteiger partial charge >= 0.3 is 0 Å². The van der Waals surface area contributed by atoms with Gasteiger partial charge < -0.3 is 11.1 Å². The summed E-state index contributed by atoms with van der Waals surface area (Å²) in [4.78, 5) is 0. The van der Waals surface area contributed by atoms with Crippen LogP contribution in [0.15, 0.2) is 16.6 Å². The first kappa shape index (κ1) is 9.31. The molecule has 2 nitrogen and oxygen atoms in total. The Morgan fingerprint density at radius 3 is 3.08 bits per heavy atom. The molecule has 1 heterocycles. The molecule has 70 valence electrons. The lowest BCUT2D eigenvalue weighted by Gasteiger charge is -2.25. The van der Waals surface area contributed by atoms with Gasteiger partial charge in [-0.1, -0.05) is 11.6 Å². The SMILES string of the molecule is NC1CCNc2ccc(Br)c(Cl)c21. The van der Waals surface area contributed by atoms with Crippen molar-refractivity contribution < 1.29 is 0 Å². The Labute approximate surface area is 90.6 Å². The normalized spacial score (nSPS) is 20.7. The topological polar surface area (TPSA) is 38.0 Å². The molecule has 1 unspecified atom stereocenters. The molecule has 0 saturated heterocycles. The van der Waals surface area contributed by atoms with E-state index >= 15 is 0 Å². The smallest absolute Gasteiger partial charge is 0.0616 e. The Balaban J connectivity index is 2.58. The Morgan fingerprint density at radius 1 is 1.54 bits per heavy atom. The van der Waals surface area contributed by atoms with Crippen LogP contribution in [-0.2, 0) is 0 Å². The third kappa shape index (κ3) is 1.56. The first-order valence-corrected chi connectivity index (χ1v) is 5.34. The summed E-state index contributed by atoms with van der Waals surface area (Å²) < 4.78 is 0.909. The molecular formula is C9H10BrClN2. The quantitative estimate of drug-likeness (QED) is 0.753. The minimum absolute atomic E-state index is 0.0567. The summed E-state index contributed by atoms with van der Waals surface area (Å²) in [5, 5.41) is 4.01. The lowest BCUT2D eigenvalue weighted by molar-refractivity contribution is 0.655. The molecule has 3 N–H and O–H groups in total. The van der Waals surface area contributed by atoms with Crippen LogP contribution in [0.5, 0.6) is 0 Å². The van der Waals surface area contributed by atoms with Crippen LogP contribution < -0.4 is 11.1 Å². The zero-order valence-corrected chi connectivity index (χ0v) is 9.32. The molecule has 1 aromatic carbocycles. The van der Waals surface area contributed by atoms with E-state index in [1.807, 2.05) is 12.1 Å². The van der Waals surface area contributed by atoms with E-state index in [4.69, 9.17) is 17.3 Å². The highest BCUT2D eigenvalue weighted by molar-refractivity contribution is 9.10. The Morgan fingerprint density at radius 2 is 2.31 bits per heavy atom. The molecule has 13 heavy (non-hydrogen) atoms. The number of anilines is 1. The van der Waals surface area contributed by atoms with E-state index in [2.05, 4.69) is 21.2 Å². The van der Waals surface area contributed by atoms with Crippen LogP contribution in [0.3, 0.4) is 0 Å². The van der Waals surface area contributed by atoms with Crippen LogP contribution in [0.2, 0.25) is 5.02 Å². The molecule has 0 spiro atoms. The van der Waals surface area contributed by atoms with E-state index in [0.717, 1.165) is 33.7 Å². The van der Waals surface area contributed by atoms with Gasteiger partial charge in [0.2, 0.25) is 0 Å². The molecule has 0 saturated carbocycles. The number of rotatable bonds is 0. The van der Waals surface area contributed by atoms with Crippen molar-refractivity contribution in [3.05, 3.63) is 27.2 Å². The van der Waals surface area contributed by atoms with Gasteiger partial charge in [-0.2, -0.15) is 0 Å². The molecule has 1 aliphatic heterocycles. The maximum Gasteiger partial charge on any atom is 0.0616 e. The second kappa shape index (κ2) is 3.48. The third-order valence-electron chi connectivity index (χ3n) is 2.27. The van der Waals surface area contributed by atoms with Crippen LogP contribution in [0.1, 0.15) is 18.0 Å². The number of halogens is 2. The minimum atomic E-state index is 0.0567. The van der Waals surface area contributed by atoms with Crippen molar-refractivity contribution in [2.24, 2.45) is 5.73 Å². The zero-order chi connectivity index (χ0) is 9.42. The van der Waals surface area contributed by atoms with Gasteiger partial charge in [0.15, 0.2) is 0 Å². The molecule has 0 bridgehead atoms. The largest absolute Gasteiger partial charge is 0.385 e. The number of nitrogens with one attached hydrogen (secondary N) is 1. The van der Waals surface area contributed by atoms with Crippen LogP contribution in [-0.4, -0.2) is 6.54 Å². The predicted molar refractivity (Wildman–Crippen MR) is 59.2 cm³/mol. The van der Waals surface area contributed by atoms with Crippen molar-refractivity contribution in [1.29, 1.82) is 0 Å². The van der Waals surface area contributed by atoms with E-state index in [9.17, 15) is 0 Å². The second-order valence-corrected chi connectivity index (χ2v) is 4.38. The van der Waals surface area contributed by atoms with E-state index in [-0.39, 0.29) is 6.04 Å². The fourth-order valence-electron chi connectivity index (χ4n) is 1.59. The molecule has 0 radical (unpaired) electrons. The van der Waals surface area contributed by atoms with E-state index < -0.39 is 0 Å². The Hall–Kier alpha value is -0.250. The van der Waals surface area contributed by atoms with Gasteiger partial charge in [0.1, 0.15) is 0 Å². The van der Waals surface area contributed by atoms with Crippen molar-refractivity contribution in [3.8, 4) is 0 Å². The molecule has 0 fully saturated rings. The fraction of sp³-hybridized carbons (Fsp3) is 0.333. The van der Waals surface area contributed by atoms with Gasteiger partial charge in [0, 0.05) is 28.3 Å². The maximum absolute atomic E-state index is 6.14. The number of hydrogen-bond donors (Lipinski definition) is 2. The Kier molecular flexibility index (Phi) is 2.49. The van der Waals surface area contributed by atoms with Gasteiger partial charge in [0.05, 0.1) is 5.02 Å². The monoisotopic (exact) mass is 260 g/mol. The van der Waals surface area contributed by atoms with Gasteiger partial charge in [0.25, 0.3) is 0 Å². The molecule has 0 aromatic heterocycles. The lowest BCUT2D eigenvalue weighted by Crippen LogP contribution is -2.22. The Bertz CT molecular complexity index is 341. The summed E-state index contributed by atoms with van der Waals surface area (Å²) in [6, 6.07) is 4.00. The highest BCUT2D eigenvalue weighted by atomic mass is 79.9. The molecule has 1 aromatic rings. The maximum atomic E-state index is 6.14. The molecule has 1 aliphatic rings. The standard InChI is InChI=1S/C9H10BrClN2/c10-5-1-2-7-8(9(5)11)6(12)3-4-13-7/h1-2,6,13H,3-4,12H2. The number of fused-ring (bicyclic) bond motifs is 1. The molecular weight excluding hydrogens is 251 g/mol. The van der Waals surface area contributed by atoms with Crippen molar-refractivity contribution in [2.45, 2.75) is 12.5 Å². The lowest BCUT2D eigenvalue weighted by atomic mass is 9.99. The summed E-state index contributed by atoms with van der Waals surface area (Å²) in [6.07, 6.45) is 0.934. The summed E-state index contributed by atoms with van der Waals surface area (Å²) in [6.45, 7) is 0.923. The van der Waals surface area contributed by atoms with E-state index in [1.54, 1.807) is 0 Å². The molecule has 0 aliphatic carbocycles. The van der Waals surface area contributed by atoms with E-state index in [0.29, 0.717) is 0 Å². The first-order valence-electron chi connectivity index (χ1n) is 4.17. The number of benzene rings is 1. The number of nitrogens with two attached hydrogens (primary N) is 1. The van der Waals surface area contributed by atoms with Gasteiger partial charge in [-0.25, -0.2) is 0 Å². The van der Waals surface area contributed by atoms with Gasteiger partial charge in [-0.05, 0) is 34.5 Å². The predicted octanol–water partition coefficient (Wildman–Crippen LogP) is 2.92. The summed E-state index contributed by atoms with van der Waals surface area (Å²) in [5.41, 5.74) is 8.06. The molecule has 2 rings (SSSR count). The first-order chi connectivity index (χ1) is 6.20. The average Bonchev–Trinajstić information content (AvgIpc) is 2.12. The van der Waals surface area contributed by atoms with Crippen LogP contribution in [0.25, 0.3) is 0 Å². The highest BCUT2D eigenvalue weighted by Crippen LogP contribution is 2.38. The number of hydrogen-bond acceptors (Lipinski definition) is 2. The average molecular weight is 262 g/mol. The van der Waals surface area contributed by atoms with Crippen molar-refractivity contribution in [1.82, 2.24) is 0 Å². The molecule has 4 heteroatoms.